The Kier molecular flexibility index (Phi) is 2.26. The van der Waals surface area contributed by atoms with Crippen molar-refractivity contribution in [2.24, 2.45) is 0 Å². The zero-order valence-corrected chi connectivity index (χ0v) is 9.63. The molecule has 0 atom stereocenters. The van der Waals surface area contributed by atoms with Crippen LogP contribution in [-0.2, 0) is 0 Å². The fourth-order valence-electron chi connectivity index (χ4n) is 1.64. The highest BCUT2D eigenvalue weighted by Crippen LogP contribution is 2.27. The molecule has 2 heterocycles. The molecule has 0 unspecified atom stereocenters. The second kappa shape index (κ2) is 3.34. The van der Waals surface area contributed by atoms with E-state index in [-0.39, 0.29) is 0 Å². The van der Waals surface area contributed by atoms with Gasteiger partial charge in [0.2, 0.25) is 0 Å². The molecule has 15 heavy (non-hydrogen) atoms. The number of carbonyl (C=O) groups is 1. The van der Waals surface area contributed by atoms with Crippen LogP contribution in [0.5, 0.6) is 0 Å². The third-order valence-corrected chi connectivity index (χ3v) is 3.51. The molecule has 0 aliphatic rings. The average Bonchev–Trinajstić information content (AvgIpc) is 2.66. The van der Waals surface area contributed by atoms with Crippen molar-refractivity contribution in [3.63, 3.8) is 0 Å². The molecule has 1 N–H and O–H groups in total. The summed E-state index contributed by atoms with van der Waals surface area (Å²) in [7, 11) is 0. The minimum absolute atomic E-state index is 0.294. The number of aromatic nitrogens is 2. The molecule has 0 amide bonds. The second-order valence-electron chi connectivity index (χ2n) is 3.77. The van der Waals surface area contributed by atoms with Crippen molar-refractivity contribution in [3.8, 4) is 0 Å². The molecule has 0 fully saturated rings. The minimum Gasteiger partial charge on any atom is -0.477 e. The van der Waals surface area contributed by atoms with Crippen LogP contribution in [0.4, 0.5) is 0 Å². The van der Waals surface area contributed by atoms with Gasteiger partial charge in [0.15, 0.2) is 0 Å². The monoisotopic (exact) mass is 224 g/mol. The molecule has 0 aliphatic heterocycles. The van der Waals surface area contributed by atoms with Crippen molar-refractivity contribution in [2.75, 3.05) is 0 Å². The zero-order chi connectivity index (χ0) is 11.2. The lowest BCUT2D eigenvalue weighted by atomic mass is 10.2. The van der Waals surface area contributed by atoms with Crippen LogP contribution in [0.15, 0.2) is 6.20 Å². The Bertz CT molecular complexity index is 525. The van der Waals surface area contributed by atoms with Crippen LogP contribution in [0, 0.1) is 6.92 Å². The third-order valence-electron chi connectivity index (χ3n) is 2.34. The van der Waals surface area contributed by atoms with Gasteiger partial charge in [0.05, 0.1) is 6.20 Å². The van der Waals surface area contributed by atoms with Gasteiger partial charge in [-0.05, 0) is 6.92 Å². The summed E-state index contributed by atoms with van der Waals surface area (Å²) >= 11 is 1.27. The smallest absolute Gasteiger partial charge is 0.347 e. The summed E-state index contributed by atoms with van der Waals surface area (Å²) in [5, 5.41) is 8.99. The number of hydrogen-bond donors (Lipinski definition) is 1. The Morgan fingerprint density at radius 1 is 1.60 bits per heavy atom. The Hall–Kier alpha value is -1.36. The molecule has 0 aromatic carbocycles. The van der Waals surface area contributed by atoms with Crippen LogP contribution in [0.2, 0.25) is 0 Å². The van der Waals surface area contributed by atoms with E-state index in [9.17, 15) is 4.79 Å². The van der Waals surface area contributed by atoms with E-state index < -0.39 is 5.97 Å². The van der Waals surface area contributed by atoms with Crippen LogP contribution in [-0.4, -0.2) is 20.5 Å². The standard InChI is InChI=1S/C10H12N2O2S/c1-5(2)9-11-4-7-12(9)6(3)8(15-7)10(13)14/h4-5H,1-3H3,(H,13,14). The third kappa shape index (κ3) is 1.43. The first kappa shape index (κ1) is 10.2. The van der Waals surface area contributed by atoms with Gasteiger partial charge >= 0.3 is 5.97 Å². The first-order valence-corrected chi connectivity index (χ1v) is 5.54. The zero-order valence-electron chi connectivity index (χ0n) is 8.81. The number of aryl methyl sites for hydroxylation is 1. The Labute approximate surface area is 91.2 Å². The van der Waals surface area contributed by atoms with Crippen molar-refractivity contribution in [3.05, 3.63) is 22.6 Å². The number of imidazole rings is 1. The Balaban J connectivity index is 2.74. The lowest BCUT2D eigenvalue weighted by molar-refractivity contribution is 0.0701. The normalized spacial score (nSPS) is 11.5. The molecule has 0 saturated carbocycles. The fourth-order valence-corrected chi connectivity index (χ4v) is 2.61. The van der Waals surface area contributed by atoms with E-state index in [0.717, 1.165) is 16.3 Å². The summed E-state index contributed by atoms with van der Waals surface area (Å²) in [5.41, 5.74) is 0.767. The number of thiazole rings is 1. The Morgan fingerprint density at radius 2 is 2.27 bits per heavy atom. The van der Waals surface area contributed by atoms with Crippen LogP contribution < -0.4 is 0 Å². The first-order chi connectivity index (χ1) is 7.02. The Morgan fingerprint density at radius 3 is 2.80 bits per heavy atom. The maximum atomic E-state index is 10.9. The molecule has 0 bridgehead atoms. The fraction of sp³-hybridized carbons (Fsp3) is 0.400. The quantitative estimate of drug-likeness (QED) is 0.852. The molecule has 4 nitrogen and oxygen atoms in total. The number of nitrogens with zero attached hydrogens (tertiary/aromatic N) is 2. The second-order valence-corrected chi connectivity index (χ2v) is 4.80. The van der Waals surface area contributed by atoms with Crippen molar-refractivity contribution in [1.82, 2.24) is 9.38 Å². The lowest BCUT2D eigenvalue weighted by Crippen LogP contribution is -2.01. The van der Waals surface area contributed by atoms with Crippen LogP contribution in [0.25, 0.3) is 4.83 Å². The highest BCUT2D eigenvalue weighted by molar-refractivity contribution is 7.19. The van der Waals surface area contributed by atoms with Gasteiger partial charge in [-0.2, -0.15) is 0 Å². The largest absolute Gasteiger partial charge is 0.477 e. The van der Waals surface area contributed by atoms with Gasteiger partial charge in [-0.25, -0.2) is 9.78 Å². The molecule has 2 aromatic rings. The lowest BCUT2D eigenvalue weighted by Gasteiger charge is -2.03. The topological polar surface area (TPSA) is 54.6 Å². The highest BCUT2D eigenvalue weighted by Gasteiger charge is 2.18. The van der Waals surface area contributed by atoms with Crippen molar-refractivity contribution >= 4 is 22.1 Å². The van der Waals surface area contributed by atoms with Gasteiger partial charge in [-0.3, -0.25) is 4.40 Å². The predicted molar refractivity (Wildman–Crippen MR) is 58.9 cm³/mol. The van der Waals surface area contributed by atoms with E-state index in [0.29, 0.717) is 10.8 Å². The van der Waals surface area contributed by atoms with Gasteiger partial charge in [0.25, 0.3) is 0 Å². The van der Waals surface area contributed by atoms with Crippen LogP contribution in [0.3, 0.4) is 0 Å². The number of hydrogen-bond acceptors (Lipinski definition) is 3. The van der Waals surface area contributed by atoms with E-state index in [1.165, 1.54) is 11.3 Å². The molecular formula is C10H12N2O2S. The summed E-state index contributed by atoms with van der Waals surface area (Å²) in [6.45, 7) is 5.92. The van der Waals surface area contributed by atoms with Crippen LogP contribution in [0.1, 0.15) is 41.0 Å². The average molecular weight is 224 g/mol. The molecule has 80 valence electrons. The molecule has 0 spiro atoms. The highest BCUT2D eigenvalue weighted by atomic mass is 32.1. The maximum absolute atomic E-state index is 10.9. The van der Waals surface area contributed by atoms with E-state index in [4.69, 9.17) is 5.11 Å². The van der Waals surface area contributed by atoms with E-state index >= 15 is 0 Å². The number of carboxylic acid groups (broad SMARTS) is 1. The van der Waals surface area contributed by atoms with Gasteiger partial charge in [-0.15, -0.1) is 11.3 Å². The van der Waals surface area contributed by atoms with E-state index in [1.54, 1.807) is 6.20 Å². The summed E-state index contributed by atoms with van der Waals surface area (Å²) in [5.74, 6) is 0.351. The summed E-state index contributed by atoms with van der Waals surface area (Å²) in [6, 6.07) is 0. The van der Waals surface area contributed by atoms with Gasteiger partial charge in [0, 0.05) is 11.6 Å². The maximum Gasteiger partial charge on any atom is 0.347 e. The molecule has 0 radical (unpaired) electrons. The van der Waals surface area contributed by atoms with Gasteiger partial charge in [-0.1, -0.05) is 13.8 Å². The number of carboxylic acids is 1. The van der Waals surface area contributed by atoms with Crippen molar-refractivity contribution in [2.45, 2.75) is 26.7 Å². The van der Waals surface area contributed by atoms with Gasteiger partial charge < -0.3 is 5.11 Å². The molecule has 2 aromatic heterocycles. The van der Waals surface area contributed by atoms with E-state index in [1.807, 2.05) is 25.2 Å². The summed E-state index contributed by atoms with van der Waals surface area (Å²) < 4.78 is 1.93. The SMILES string of the molecule is Cc1c(C(=O)O)sc2cnc(C(C)C)n12. The molecule has 0 aliphatic carbocycles. The van der Waals surface area contributed by atoms with Gasteiger partial charge in [0.1, 0.15) is 15.5 Å². The number of aromatic carboxylic acids is 1. The van der Waals surface area contributed by atoms with Crippen LogP contribution >= 0.6 is 11.3 Å². The van der Waals surface area contributed by atoms with E-state index in [2.05, 4.69) is 4.98 Å². The minimum atomic E-state index is -0.865. The van der Waals surface area contributed by atoms with Crippen molar-refractivity contribution in [1.29, 1.82) is 0 Å². The molecule has 5 heteroatoms. The molecule has 2 rings (SSSR count). The van der Waals surface area contributed by atoms with Crippen molar-refractivity contribution < 1.29 is 9.90 Å². The number of rotatable bonds is 2. The molecular weight excluding hydrogens is 212 g/mol. The molecule has 0 saturated heterocycles. The first-order valence-electron chi connectivity index (χ1n) is 4.72. The summed E-state index contributed by atoms with van der Waals surface area (Å²) in [6.07, 6.45) is 1.74. The predicted octanol–water partition coefficient (Wildman–Crippen LogP) is 2.53. The summed E-state index contributed by atoms with van der Waals surface area (Å²) in [4.78, 5) is 16.5. The number of fused-ring (bicyclic) bond motifs is 1.